The number of benzene rings is 1. The largest absolute Gasteiger partial charge is 0.438 e. The van der Waals surface area contributed by atoms with Crippen molar-refractivity contribution >= 4 is 16.8 Å². The van der Waals surface area contributed by atoms with E-state index in [1.165, 1.54) is 6.42 Å². The maximum atomic E-state index is 12.6. The lowest BCUT2D eigenvalue weighted by Crippen LogP contribution is -2.37. The molecule has 0 spiro atoms. The van der Waals surface area contributed by atoms with Gasteiger partial charge in [-0.1, -0.05) is 6.07 Å². The molecule has 3 heterocycles. The minimum Gasteiger partial charge on any atom is -0.438 e. The Hall–Kier alpha value is -3.33. The molecule has 4 rings (SSSR count). The molecule has 0 radical (unpaired) electrons. The first kappa shape index (κ1) is 18.1. The molecule has 28 heavy (non-hydrogen) atoms. The number of ether oxygens (including phenoxy) is 1. The Balaban J connectivity index is 1.59. The fraction of sp³-hybridized carbons (Fsp3) is 0.318. The number of nitriles is 1. The Kier molecular flexibility index (Phi) is 4.98. The predicted octanol–water partition coefficient (Wildman–Crippen LogP) is 4.02. The minimum absolute atomic E-state index is 0.155. The van der Waals surface area contributed by atoms with Gasteiger partial charge in [0.25, 0.3) is 0 Å². The molecule has 0 atom stereocenters. The third kappa shape index (κ3) is 3.70. The standard InChI is InChI=1S/C22H22N4O2/c1-16-12-17(14-23)13-21(24-16)28-20-7-5-6-19-18(20)8-11-26(19)15-22(27)25-9-3-2-4-10-25/h5-8,11-13H,2-4,9-10,15H2,1H3. The highest BCUT2D eigenvalue weighted by atomic mass is 16.5. The number of nitrogens with zero attached hydrogens (tertiary/aromatic N) is 4. The van der Waals surface area contributed by atoms with E-state index in [4.69, 9.17) is 10.00 Å². The highest BCUT2D eigenvalue weighted by Gasteiger charge is 2.18. The fourth-order valence-corrected chi connectivity index (χ4v) is 3.68. The normalized spacial score (nSPS) is 14.1. The molecule has 0 aliphatic carbocycles. The number of carbonyl (C=O) groups is 1. The molecule has 0 saturated carbocycles. The van der Waals surface area contributed by atoms with Crippen LogP contribution in [0.2, 0.25) is 0 Å². The van der Waals surface area contributed by atoms with Crippen LogP contribution in [0.3, 0.4) is 0 Å². The zero-order chi connectivity index (χ0) is 19.5. The molecular formula is C22H22N4O2. The maximum absolute atomic E-state index is 12.6. The van der Waals surface area contributed by atoms with Crippen LogP contribution in [-0.4, -0.2) is 33.4 Å². The summed E-state index contributed by atoms with van der Waals surface area (Å²) in [6, 6.07) is 13.2. The van der Waals surface area contributed by atoms with Crippen molar-refractivity contribution < 1.29 is 9.53 Å². The number of piperidine rings is 1. The molecule has 6 heteroatoms. The summed E-state index contributed by atoms with van der Waals surface area (Å²) < 4.78 is 7.94. The van der Waals surface area contributed by atoms with Gasteiger partial charge in [-0.15, -0.1) is 0 Å². The summed E-state index contributed by atoms with van der Waals surface area (Å²) in [7, 11) is 0. The van der Waals surface area contributed by atoms with Crippen molar-refractivity contribution in [2.75, 3.05) is 13.1 Å². The second-order valence-corrected chi connectivity index (χ2v) is 7.12. The number of fused-ring (bicyclic) bond motifs is 1. The van der Waals surface area contributed by atoms with Crippen molar-refractivity contribution in [3.05, 3.63) is 53.9 Å². The van der Waals surface area contributed by atoms with E-state index in [2.05, 4.69) is 11.1 Å². The molecule has 1 aliphatic rings. The number of hydrogen-bond acceptors (Lipinski definition) is 4. The van der Waals surface area contributed by atoms with Gasteiger partial charge in [-0.3, -0.25) is 4.79 Å². The van der Waals surface area contributed by atoms with Crippen molar-refractivity contribution in [1.29, 1.82) is 5.26 Å². The summed E-state index contributed by atoms with van der Waals surface area (Å²) in [4.78, 5) is 18.9. The van der Waals surface area contributed by atoms with Crippen LogP contribution < -0.4 is 4.74 Å². The van der Waals surface area contributed by atoms with E-state index in [-0.39, 0.29) is 5.91 Å². The number of rotatable bonds is 4. The van der Waals surface area contributed by atoms with Gasteiger partial charge >= 0.3 is 0 Å². The second kappa shape index (κ2) is 7.73. The zero-order valence-electron chi connectivity index (χ0n) is 15.9. The lowest BCUT2D eigenvalue weighted by Gasteiger charge is -2.27. The lowest BCUT2D eigenvalue weighted by molar-refractivity contribution is -0.132. The molecule has 1 saturated heterocycles. The molecule has 0 unspecified atom stereocenters. The minimum atomic E-state index is 0.155. The Morgan fingerprint density at radius 1 is 1.21 bits per heavy atom. The summed E-state index contributed by atoms with van der Waals surface area (Å²) in [5.74, 6) is 1.20. The van der Waals surface area contributed by atoms with Crippen molar-refractivity contribution in [2.24, 2.45) is 0 Å². The van der Waals surface area contributed by atoms with Gasteiger partial charge in [-0.05, 0) is 50.5 Å². The summed E-state index contributed by atoms with van der Waals surface area (Å²) in [6.45, 7) is 3.87. The Labute approximate surface area is 164 Å². The van der Waals surface area contributed by atoms with Crippen molar-refractivity contribution in [1.82, 2.24) is 14.5 Å². The first-order valence-electron chi connectivity index (χ1n) is 9.56. The molecule has 1 amide bonds. The number of aromatic nitrogens is 2. The first-order chi connectivity index (χ1) is 13.6. The van der Waals surface area contributed by atoms with Crippen LogP contribution in [0.25, 0.3) is 10.9 Å². The summed E-state index contributed by atoms with van der Waals surface area (Å²) in [5, 5.41) is 10.1. The summed E-state index contributed by atoms with van der Waals surface area (Å²) in [6.07, 6.45) is 5.30. The molecule has 0 bridgehead atoms. The number of hydrogen-bond donors (Lipinski definition) is 0. The van der Waals surface area contributed by atoms with Crippen LogP contribution in [0.1, 0.15) is 30.5 Å². The van der Waals surface area contributed by atoms with Crippen LogP contribution in [0.5, 0.6) is 11.6 Å². The number of amides is 1. The lowest BCUT2D eigenvalue weighted by atomic mass is 10.1. The smallest absolute Gasteiger partial charge is 0.242 e. The van der Waals surface area contributed by atoms with Crippen LogP contribution in [0, 0.1) is 18.3 Å². The molecule has 1 fully saturated rings. The number of carbonyl (C=O) groups excluding carboxylic acids is 1. The van der Waals surface area contributed by atoms with Gasteiger partial charge in [-0.25, -0.2) is 4.98 Å². The number of likely N-dealkylation sites (tertiary alicyclic amines) is 1. The van der Waals surface area contributed by atoms with Crippen LogP contribution in [0.4, 0.5) is 0 Å². The van der Waals surface area contributed by atoms with Gasteiger partial charge in [0.2, 0.25) is 11.8 Å². The highest BCUT2D eigenvalue weighted by molar-refractivity contribution is 5.88. The zero-order valence-corrected chi connectivity index (χ0v) is 15.9. The molecule has 1 aromatic carbocycles. The van der Waals surface area contributed by atoms with Gasteiger partial charge in [0.05, 0.1) is 17.1 Å². The molecule has 6 nitrogen and oxygen atoms in total. The van der Waals surface area contributed by atoms with Gasteiger partial charge in [0.1, 0.15) is 12.3 Å². The van der Waals surface area contributed by atoms with Gasteiger partial charge in [-0.2, -0.15) is 5.26 Å². The predicted molar refractivity (Wildman–Crippen MR) is 106 cm³/mol. The van der Waals surface area contributed by atoms with E-state index in [0.717, 1.165) is 42.5 Å². The van der Waals surface area contributed by atoms with Crippen LogP contribution >= 0.6 is 0 Å². The average molecular weight is 374 g/mol. The quantitative estimate of drug-likeness (QED) is 0.691. The molecular weight excluding hydrogens is 352 g/mol. The highest BCUT2D eigenvalue weighted by Crippen LogP contribution is 2.30. The van der Waals surface area contributed by atoms with E-state index in [1.54, 1.807) is 12.1 Å². The van der Waals surface area contributed by atoms with Crippen molar-refractivity contribution in [3.63, 3.8) is 0 Å². The summed E-state index contributed by atoms with van der Waals surface area (Å²) in [5.41, 5.74) is 2.18. The number of aryl methyl sites for hydroxylation is 1. The third-order valence-corrected chi connectivity index (χ3v) is 5.06. The first-order valence-corrected chi connectivity index (χ1v) is 9.56. The SMILES string of the molecule is Cc1cc(C#N)cc(Oc2cccc3c2ccn3CC(=O)N2CCCCC2)n1. The molecule has 3 aromatic rings. The fourth-order valence-electron chi connectivity index (χ4n) is 3.68. The van der Waals surface area contributed by atoms with E-state index >= 15 is 0 Å². The topological polar surface area (TPSA) is 71.2 Å². The van der Waals surface area contributed by atoms with Crippen molar-refractivity contribution in [2.45, 2.75) is 32.7 Å². The van der Waals surface area contributed by atoms with E-state index < -0.39 is 0 Å². The Bertz CT molecular complexity index is 1060. The van der Waals surface area contributed by atoms with Crippen LogP contribution in [0.15, 0.2) is 42.6 Å². The maximum Gasteiger partial charge on any atom is 0.242 e. The van der Waals surface area contributed by atoms with E-state index in [0.29, 0.717) is 23.7 Å². The average Bonchev–Trinajstić information content (AvgIpc) is 3.12. The third-order valence-electron chi connectivity index (χ3n) is 5.06. The van der Waals surface area contributed by atoms with E-state index in [1.807, 2.05) is 46.9 Å². The second-order valence-electron chi connectivity index (χ2n) is 7.12. The van der Waals surface area contributed by atoms with E-state index in [9.17, 15) is 4.79 Å². The summed E-state index contributed by atoms with van der Waals surface area (Å²) >= 11 is 0. The Morgan fingerprint density at radius 2 is 2.04 bits per heavy atom. The van der Waals surface area contributed by atoms with Crippen molar-refractivity contribution in [3.8, 4) is 17.7 Å². The Morgan fingerprint density at radius 3 is 2.82 bits per heavy atom. The van der Waals surface area contributed by atoms with Crippen LogP contribution in [-0.2, 0) is 11.3 Å². The molecule has 142 valence electrons. The number of pyridine rings is 1. The molecule has 2 aromatic heterocycles. The monoisotopic (exact) mass is 374 g/mol. The molecule has 1 aliphatic heterocycles. The molecule has 0 N–H and O–H groups in total. The van der Waals surface area contributed by atoms with Gasteiger partial charge in [0.15, 0.2) is 0 Å². The van der Waals surface area contributed by atoms with Gasteiger partial charge < -0.3 is 14.2 Å². The van der Waals surface area contributed by atoms with Gasteiger partial charge in [0, 0.05) is 36.4 Å².